The van der Waals surface area contributed by atoms with Crippen LogP contribution in [0.2, 0.25) is 0 Å². The maximum absolute atomic E-state index is 12.6. The third-order valence-corrected chi connectivity index (χ3v) is 5.68. The van der Waals surface area contributed by atoms with Gasteiger partial charge < -0.3 is 15.0 Å². The minimum atomic E-state index is 0.0340. The van der Waals surface area contributed by atoms with Gasteiger partial charge in [-0.1, -0.05) is 12.2 Å². The van der Waals surface area contributed by atoms with Crippen LogP contribution in [0.4, 0.5) is 5.69 Å². The fourth-order valence-electron chi connectivity index (χ4n) is 4.03. The number of piperidine rings is 1. The summed E-state index contributed by atoms with van der Waals surface area (Å²) in [5.41, 5.74) is 1.82. The highest BCUT2D eigenvalue weighted by Gasteiger charge is 2.29. The molecule has 1 heterocycles. The maximum Gasteiger partial charge on any atom is 0.226 e. The first kappa shape index (κ1) is 19.5. The predicted molar refractivity (Wildman–Crippen MR) is 107 cm³/mol. The molecule has 27 heavy (non-hydrogen) atoms. The lowest BCUT2D eigenvalue weighted by atomic mass is 9.92. The number of ether oxygens (including phenoxy) is 1. The van der Waals surface area contributed by atoms with E-state index in [0.717, 1.165) is 62.2 Å². The molecule has 5 heteroatoms. The SMILES string of the molecule is COc1ccc(NC(=O)CCC2CCCN(C(=O)C3CC=CC3)C2)c(C)c1. The van der Waals surface area contributed by atoms with Crippen LogP contribution < -0.4 is 10.1 Å². The molecule has 0 saturated carbocycles. The number of hydrogen-bond donors (Lipinski definition) is 1. The smallest absolute Gasteiger partial charge is 0.226 e. The summed E-state index contributed by atoms with van der Waals surface area (Å²) in [6.07, 6.45) is 9.42. The molecule has 1 atom stereocenters. The van der Waals surface area contributed by atoms with E-state index in [0.29, 0.717) is 18.2 Å². The molecule has 2 aliphatic rings. The van der Waals surface area contributed by atoms with E-state index in [1.807, 2.05) is 30.0 Å². The van der Waals surface area contributed by atoms with Gasteiger partial charge in [-0.2, -0.15) is 0 Å². The van der Waals surface area contributed by atoms with E-state index in [1.165, 1.54) is 0 Å². The van der Waals surface area contributed by atoms with Crippen molar-refractivity contribution in [1.82, 2.24) is 4.90 Å². The Morgan fingerprint density at radius 1 is 1.26 bits per heavy atom. The average Bonchev–Trinajstić information content (AvgIpc) is 3.22. The Bertz CT molecular complexity index is 706. The van der Waals surface area contributed by atoms with Crippen molar-refractivity contribution in [2.45, 2.75) is 45.4 Å². The fraction of sp³-hybridized carbons (Fsp3) is 0.545. The standard InChI is InChI=1S/C22H30N2O3/c1-16-14-19(27-2)10-11-20(16)23-21(25)12-9-17-6-5-13-24(15-17)22(26)18-7-3-4-8-18/h3-4,10-11,14,17-18H,5-9,12-13,15H2,1-2H3,(H,23,25). The Balaban J connectivity index is 1.46. The molecule has 0 radical (unpaired) electrons. The first-order chi connectivity index (χ1) is 13.1. The molecule has 1 saturated heterocycles. The van der Waals surface area contributed by atoms with Crippen LogP contribution in [0.1, 0.15) is 44.1 Å². The third kappa shape index (κ3) is 5.12. The van der Waals surface area contributed by atoms with Crippen LogP contribution in [-0.2, 0) is 9.59 Å². The van der Waals surface area contributed by atoms with Crippen molar-refractivity contribution < 1.29 is 14.3 Å². The second-order valence-corrected chi connectivity index (χ2v) is 7.70. The Labute approximate surface area is 161 Å². The highest BCUT2D eigenvalue weighted by Crippen LogP contribution is 2.27. The molecular formula is C22H30N2O3. The molecule has 1 aromatic rings. The number of rotatable bonds is 6. The summed E-state index contributed by atoms with van der Waals surface area (Å²) in [5, 5.41) is 3.00. The molecule has 0 aromatic heterocycles. The highest BCUT2D eigenvalue weighted by atomic mass is 16.5. The zero-order valence-corrected chi connectivity index (χ0v) is 16.4. The number of hydrogen-bond acceptors (Lipinski definition) is 3. The summed E-state index contributed by atoms with van der Waals surface area (Å²) in [5.74, 6) is 1.68. The van der Waals surface area contributed by atoms with Crippen molar-refractivity contribution >= 4 is 17.5 Å². The van der Waals surface area contributed by atoms with Crippen molar-refractivity contribution in [2.75, 3.05) is 25.5 Å². The van der Waals surface area contributed by atoms with Gasteiger partial charge in [0.1, 0.15) is 5.75 Å². The molecular weight excluding hydrogens is 340 g/mol. The Morgan fingerprint density at radius 2 is 2.04 bits per heavy atom. The second kappa shape index (κ2) is 9.07. The zero-order valence-electron chi connectivity index (χ0n) is 16.4. The van der Waals surface area contributed by atoms with Gasteiger partial charge in [-0.25, -0.2) is 0 Å². The Hall–Kier alpha value is -2.30. The molecule has 1 unspecified atom stereocenters. The van der Waals surface area contributed by atoms with E-state index < -0.39 is 0 Å². The number of likely N-dealkylation sites (tertiary alicyclic amines) is 1. The molecule has 0 bridgehead atoms. The lowest BCUT2D eigenvalue weighted by Crippen LogP contribution is -2.42. The van der Waals surface area contributed by atoms with Crippen LogP contribution >= 0.6 is 0 Å². The van der Waals surface area contributed by atoms with Crippen molar-refractivity contribution in [3.63, 3.8) is 0 Å². The number of carbonyl (C=O) groups is 2. The number of nitrogens with zero attached hydrogens (tertiary/aromatic N) is 1. The molecule has 1 aromatic carbocycles. The topological polar surface area (TPSA) is 58.6 Å². The lowest BCUT2D eigenvalue weighted by Gasteiger charge is -2.34. The Kier molecular flexibility index (Phi) is 6.54. The van der Waals surface area contributed by atoms with Gasteiger partial charge in [0.25, 0.3) is 0 Å². The van der Waals surface area contributed by atoms with Crippen LogP contribution in [0.5, 0.6) is 5.75 Å². The van der Waals surface area contributed by atoms with E-state index in [9.17, 15) is 9.59 Å². The Morgan fingerprint density at radius 3 is 2.74 bits per heavy atom. The second-order valence-electron chi connectivity index (χ2n) is 7.70. The largest absolute Gasteiger partial charge is 0.497 e. The molecule has 1 aliphatic carbocycles. The van der Waals surface area contributed by atoms with Crippen molar-refractivity contribution in [2.24, 2.45) is 11.8 Å². The summed E-state index contributed by atoms with van der Waals surface area (Å²) in [4.78, 5) is 27.0. The zero-order chi connectivity index (χ0) is 19.2. The van der Waals surface area contributed by atoms with E-state index in [-0.39, 0.29) is 11.8 Å². The van der Waals surface area contributed by atoms with Gasteiger partial charge in [0.05, 0.1) is 7.11 Å². The van der Waals surface area contributed by atoms with E-state index in [2.05, 4.69) is 17.5 Å². The summed E-state index contributed by atoms with van der Waals surface area (Å²) >= 11 is 0. The molecule has 1 fully saturated rings. The quantitative estimate of drug-likeness (QED) is 0.772. The number of anilines is 1. The van der Waals surface area contributed by atoms with Crippen LogP contribution in [0.3, 0.4) is 0 Å². The van der Waals surface area contributed by atoms with E-state index >= 15 is 0 Å². The number of methoxy groups -OCH3 is 1. The third-order valence-electron chi connectivity index (χ3n) is 5.68. The first-order valence-corrected chi connectivity index (χ1v) is 9.95. The fourth-order valence-corrected chi connectivity index (χ4v) is 4.03. The summed E-state index contributed by atoms with van der Waals surface area (Å²) in [6.45, 7) is 3.62. The minimum absolute atomic E-state index is 0.0340. The van der Waals surface area contributed by atoms with Crippen molar-refractivity contribution in [1.29, 1.82) is 0 Å². The summed E-state index contributed by atoms with van der Waals surface area (Å²) in [6, 6.07) is 5.64. The van der Waals surface area contributed by atoms with E-state index in [4.69, 9.17) is 4.74 Å². The molecule has 5 nitrogen and oxygen atoms in total. The number of aryl methyl sites for hydroxylation is 1. The number of carbonyl (C=O) groups excluding carboxylic acids is 2. The normalized spacial score (nSPS) is 19.9. The number of benzene rings is 1. The molecule has 1 N–H and O–H groups in total. The average molecular weight is 370 g/mol. The summed E-state index contributed by atoms with van der Waals surface area (Å²) in [7, 11) is 1.63. The van der Waals surface area contributed by atoms with Crippen LogP contribution in [0.15, 0.2) is 30.4 Å². The molecule has 146 valence electrons. The highest BCUT2D eigenvalue weighted by molar-refractivity contribution is 5.91. The van der Waals surface area contributed by atoms with E-state index in [1.54, 1.807) is 7.11 Å². The van der Waals surface area contributed by atoms with Gasteiger partial charge in [-0.3, -0.25) is 9.59 Å². The van der Waals surface area contributed by atoms with Crippen LogP contribution in [0, 0.1) is 18.8 Å². The molecule has 2 amide bonds. The van der Waals surface area contributed by atoms with Gasteiger partial charge in [0.15, 0.2) is 0 Å². The van der Waals surface area contributed by atoms with Gasteiger partial charge in [0, 0.05) is 31.1 Å². The number of nitrogens with one attached hydrogen (secondary N) is 1. The van der Waals surface area contributed by atoms with Gasteiger partial charge in [-0.15, -0.1) is 0 Å². The maximum atomic E-state index is 12.6. The number of allylic oxidation sites excluding steroid dienone is 2. The predicted octanol–water partition coefficient (Wildman–Crippen LogP) is 3.93. The minimum Gasteiger partial charge on any atom is -0.497 e. The number of amides is 2. The monoisotopic (exact) mass is 370 g/mol. The summed E-state index contributed by atoms with van der Waals surface area (Å²) < 4.78 is 5.20. The molecule has 0 spiro atoms. The lowest BCUT2D eigenvalue weighted by molar-refractivity contribution is -0.137. The van der Waals surface area contributed by atoms with Gasteiger partial charge in [-0.05, 0) is 68.7 Å². The van der Waals surface area contributed by atoms with Gasteiger partial charge >= 0.3 is 0 Å². The first-order valence-electron chi connectivity index (χ1n) is 9.95. The molecule has 1 aliphatic heterocycles. The van der Waals surface area contributed by atoms with Gasteiger partial charge in [0.2, 0.25) is 11.8 Å². The molecule has 3 rings (SSSR count). The van der Waals surface area contributed by atoms with Crippen molar-refractivity contribution in [3.8, 4) is 5.75 Å². The van der Waals surface area contributed by atoms with Crippen molar-refractivity contribution in [3.05, 3.63) is 35.9 Å². The van der Waals surface area contributed by atoms with Crippen LogP contribution in [-0.4, -0.2) is 36.9 Å². The van der Waals surface area contributed by atoms with Crippen LogP contribution in [0.25, 0.3) is 0 Å².